The van der Waals surface area contributed by atoms with Gasteiger partial charge < -0.3 is 14.6 Å². The Labute approximate surface area is 169 Å². The number of aryl methyl sites for hydroxylation is 1. The highest BCUT2D eigenvalue weighted by molar-refractivity contribution is 5.91. The molecule has 0 unspecified atom stereocenters. The van der Waals surface area contributed by atoms with Crippen LogP contribution in [0.3, 0.4) is 0 Å². The summed E-state index contributed by atoms with van der Waals surface area (Å²) >= 11 is 0. The molecule has 0 radical (unpaired) electrons. The fourth-order valence-corrected chi connectivity index (χ4v) is 3.43. The summed E-state index contributed by atoms with van der Waals surface area (Å²) in [4.78, 5) is 28.8. The molecule has 1 heterocycles. The van der Waals surface area contributed by atoms with Crippen molar-refractivity contribution in [3.63, 3.8) is 0 Å². The number of aromatic amines is 1. The van der Waals surface area contributed by atoms with Crippen LogP contribution in [-0.2, 0) is 20.7 Å². The highest BCUT2D eigenvalue weighted by atomic mass is 19.1. The fourth-order valence-electron chi connectivity index (χ4n) is 3.43. The van der Waals surface area contributed by atoms with Crippen molar-refractivity contribution < 1.29 is 18.7 Å². The van der Waals surface area contributed by atoms with Crippen molar-refractivity contribution in [1.29, 1.82) is 0 Å². The number of hydrogen-bond donors (Lipinski definition) is 1. The third kappa shape index (κ3) is 5.02. The van der Waals surface area contributed by atoms with E-state index in [0.29, 0.717) is 32.2 Å². The molecule has 0 atom stereocenters. The van der Waals surface area contributed by atoms with E-state index in [1.807, 2.05) is 24.3 Å². The number of nitrogens with zero attached hydrogens (tertiary/aromatic N) is 1. The second kappa shape index (κ2) is 9.37. The van der Waals surface area contributed by atoms with Crippen LogP contribution in [0.4, 0.5) is 4.39 Å². The van der Waals surface area contributed by atoms with Crippen LogP contribution in [0.15, 0.2) is 48.5 Å². The Morgan fingerprint density at radius 1 is 1.07 bits per heavy atom. The van der Waals surface area contributed by atoms with Gasteiger partial charge in [-0.3, -0.25) is 9.59 Å². The minimum Gasteiger partial charge on any atom is -0.469 e. The van der Waals surface area contributed by atoms with Gasteiger partial charge in [0.25, 0.3) is 0 Å². The monoisotopic (exact) mass is 396 g/mol. The third-order valence-electron chi connectivity index (χ3n) is 5.06. The van der Waals surface area contributed by atoms with Crippen LogP contribution >= 0.6 is 0 Å². The molecule has 0 fully saturated rings. The summed E-state index contributed by atoms with van der Waals surface area (Å²) in [5.41, 5.74) is 3.83. The van der Waals surface area contributed by atoms with Crippen molar-refractivity contribution in [1.82, 2.24) is 9.88 Å². The maximum Gasteiger partial charge on any atom is 0.305 e. The number of carbonyl (C=O) groups is 2. The first-order valence-electron chi connectivity index (χ1n) is 9.66. The van der Waals surface area contributed by atoms with Gasteiger partial charge in [0.15, 0.2) is 0 Å². The summed E-state index contributed by atoms with van der Waals surface area (Å²) in [6, 6.07) is 14.3. The smallest absolute Gasteiger partial charge is 0.305 e. The van der Waals surface area contributed by atoms with E-state index >= 15 is 0 Å². The molecule has 5 nitrogen and oxygen atoms in total. The second-order valence-electron chi connectivity index (χ2n) is 7.03. The molecule has 0 saturated heterocycles. The van der Waals surface area contributed by atoms with E-state index in [-0.39, 0.29) is 17.7 Å². The summed E-state index contributed by atoms with van der Waals surface area (Å²) in [7, 11) is 3.10. The van der Waals surface area contributed by atoms with Crippen LogP contribution in [0.5, 0.6) is 0 Å². The van der Waals surface area contributed by atoms with Crippen molar-refractivity contribution in [3.05, 3.63) is 59.9 Å². The average Bonchev–Trinajstić information content (AvgIpc) is 3.10. The van der Waals surface area contributed by atoms with Crippen molar-refractivity contribution in [3.8, 4) is 11.3 Å². The van der Waals surface area contributed by atoms with Crippen LogP contribution in [-0.4, -0.2) is 42.5 Å². The minimum atomic E-state index is -0.282. The number of aromatic nitrogens is 1. The Bertz CT molecular complexity index is 995. The zero-order valence-electron chi connectivity index (χ0n) is 16.7. The van der Waals surface area contributed by atoms with Gasteiger partial charge in [0.05, 0.1) is 7.11 Å². The molecule has 0 aliphatic heterocycles. The van der Waals surface area contributed by atoms with Crippen molar-refractivity contribution in [2.45, 2.75) is 25.7 Å². The number of nitrogens with one attached hydrogen (secondary N) is 1. The molecule has 152 valence electrons. The molecular formula is C23H25FN2O3. The van der Waals surface area contributed by atoms with Gasteiger partial charge >= 0.3 is 5.97 Å². The average molecular weight is 396 g/mol. The molecule has 3 aromatic rings. The summed E-state index contributed by atoms with van der Waals surface area (Å²) in [5, 5.41) is 1.06. The van der Waals surface area contributed by atoms with Gasteiger partial charge in [0, 0.05) is 43.0 Å². The van der Waals surface area contributed by atoms with E-state index < -0.39 is 0 Å². The predicted molar refractivity (Wildman–Crippen MR) is 111 cm³/mol. The number of H-pyrrole nitrogens is 1. The van der Waals surface area contributed by atoms with E-state index in [2.05, 4.69) is 9.72 Å². The number of hydrogen-bond acceptors (Lipinski definition) is 3. The van der Waals surface area contributed by atoms with Gasteiger partial charge in [0.2, 0.25) is 5.91 Å². The van der Waals surface area contributed by atoms with E-state index in [1.54, 1.807) is 24.1 Å². The number of para-hydroxylation sites is 1. The fraction of sp³-hybridized carbons (Fsp3) is 0.304. The standard InChI is InChI=1S/C23H25FN2O3/c1-26(15-5-8-22(28)29-2)21(27)14-13-19-18-6-3-4-7-20(18)25-23(19)16-9-11-17(24)12-10-16/h3-4,6-7,9-12,25H,5,8,13-15H2,1-2H3. The Kier molecular flexibility index (Phi) is 6.65. The topological polar surface area (TPSA) is 62.4 Å². The molecule has 29 heavy (non-hydrogen) atoms. The molecule has 0 saturated carbocycles. The van der Waals surface area contributed by atoms with E-state index in [0.717, 1.165) is 27.7 Å². The summed E-state index contributed by atoms with van der Waals surface area (Å²) in [5.74, 6) is -0.533. The largest absolute Gasteiger partial charge is 0.469 e. The van der Waals surface area contributed by atoms with E-state index in [9.17, 15) is 14.0 Å². The normalized spacial score (nSPS) is 10.9. The number of amides is 1. The zero-order valence-corrected chi connectivity index (χ0v) is 16.7. The SMILES string of the molecule is COC(=O)CCCN(C)C(=O)CCc1c(-c2ccc(F)cc2)[nH]c2ccccc12. The van der Waals surface area contributed by atoms with E-state index in [4.69, 9.17) is 0 Å². The van der Waals surface area contributed by atoms with Crippen LogP contribution in [0, 0.1) is 5.82 Å². The second-order valence-corrected chi connectivity index (χ2v) is 7.03. The van der Waals surface area contributed by atoms with Crippen molar-refractivity contribution in [2.24, 2.45) is 0 Å². The molecule has 0 spiro atoms. The lowest BCUT2D eigenvalue weighted by Crippen LogP contribution is -2.28. The van der Waals surface area contributed by atoms with Gasteiger partial charge in [0.1, 0.15) is 5.82 Å². The quantitative estimate of drug-likeness (QED) is 0.577. The van der Waals surface area contributed by atoms with Crippen molar-refractivity contribution >= 4 is 22.8 Å². The molecule has 3 rings (SSSR count). The van der Waals surface area contributed by atoms with Gasteiger partial charge in [-0.1, -0.05) is 18.2 Å². The lowest BCUT2D eigenvalue weighted by Gasteiger charge is -2.17. The van der Waals surface area contributed by atoms with Crippen molar-refractivity contribution in [2.75, 3.05) is 20.7 Å². The molecular weight excluding hydrogens is 371 g/mol. The molecule has 1 aromatic heterocycles. The number of benzene rings is 2. The zero-order chi connectivity index (χ0) is 20.8. The van der Waals surface area contributed by atoms with Crippen LogP contribution in [0.25, 0.3) is 22.2 Å². The number of fused-ring (bicyclic) bond motifs is 1. The Hall–Kier alpha value is -3.15. The molecule has 6 heteroatoms. The molecule has 1 N–H and O–H groups in total. The molecule has 2 aromatic carbocycles. The first-order valence-corrected chi connectivity index (χ1v) is 9.66. The number of rotatable bonds is 8. The van der Waals surface area contributed by atoms with Gasteiger partial charge in [-0.15, -0.1) is 0 Å². The van der Waals surface area contributed by atoms with Gasteiger partial charge in [-0.2, -0.15) is 0 Å². The Balaban J connectivity index is 1.73. The number of carbonyl (C=O) groups excluding carboxylic acids is 2. The van der Waals surface area contributed by atoms with Gasteiger partial charge in [-0.25, -0.2) is 4.39 Å². The number of methoxy groups -OCH3 is 1. The summed E-state index contributed by atoms with van der Waals surface area (Å²) < 4.78 is 18.0. The van der Waals surface area contributed by atoms with Crippen LogP contribution < -0.4 is 0 Å². The summed E-state index contributed by atoms with van der Waals surface area (Å²) in [6.45, 7) is 0.507. The first kappa shape index (κ1) is 20.6. The maximum atomic E-state index is 13.3. The molecule has 0 bridgehead atoms. The van der Waals surface area contributed by atoms with E-state index in [1.165, 1.54) is 19.2 Å². The number of esters is 1. The van der Waals surface area contributed by atoms with Crippen LogP contribution in [0.1, 0.15) is 24.8 Å². The molecule has 0 aliphatic carbocycles. The lowest BCUT2D eigenvalue weighted by atomic mass is 10.0. The van der Waals surface area contributed by atoms with Gasteiger partial charge in [-0.05, 0) is 54.3 Å². The highest BCUT2D eigenvalue weighted by Gasteiger charge is 2.16. The van der Waals surface area contributed by atoms with Crippen LogP contribution in [0.2, 0.25) is 0 Å². The number of ether oxygens (including phenoxy) is 1. The Morgan fingerprint density at radius 3 is 2.52 bits per heavy atom. The highest BCUT2D eigenvalue weighted by Crippen LogP contribution is 2.31. The lowest BCUT2D eigenvalue weighted by molar-refractivity contribution is -0.141. The molecule has 0 aliphatic rings. The number of halogens is 1. The third-order valence-corrected chi connectivity index (χ3v) is 5.06. The summed E-state index contributed by atoms with van der Waals surface area (Å²) in [6.07, 6.45) is 1.79. The Morgan fingerprint density at radius 2 is 1.79 bits per heavy atom. The first-order chi connectivity index (χ1) is 14.0. The predicted octanol–water partition coefficient (Wildman–Crippen LogP) is 4.32. The molecule has 1 amide bonds. The maximum absolute atomic E-state index is 13.3. The minimum absolute atomic E-state index is 0.0187.